The summed E-state index contributed by atoms with van der Waals surface area (Å²) in [6.07, 6.45) is 1.67. The van der Waals surface area contributed by atoms with Crippen molar-refractivity contribution in [3.63, 3.8) is 0 Å². The molecule has 0 aliphatic carbocycles. The van der Waals surface area contributed by atoms with E-state index in [0.29, 0.717) is 17.1 Å². The second-order valence-electron chi connectivity index (χ2n) is 7.33. The number of sulfonamides is 1. The van der Waals surface area contributed by atoms with E-state index in [1.54, 1.807) is 47.3 Å². The van der Waals surface area contributed by atoms with Gasteiger partial charge in [-0.3, -0.25) is 4.68 Å². The van der Waals surface area contributed by atoms with Crippen LogP contribution in [0.4, 0.5) is 17.2 Å². The van der Waals surface area contributed by atoms with Crippen LogP contribution < -0.4 is 14.5 Å². The van der Waals surface area contributed by atoms with Crippen molar-refractivity contribution in [2.45, 2.75) is 18.7 Å². The molecule has 0 saturated carbocycles. The fourth-order valence-electron chi connectivity index (χ4n) is 3.74. The van der Waals surface area contributed by atoms with E-state index >= 15 is 0 Å². The van der Waals surface area contributed by atoms with Crippen molar-refractivity contribution in [3.05, 3.63) is 60.0 Å². The zero-order valence-electron chi connectivity index (χ0n) is 17.4. The summed E-state index contributed by atoms with van der Waals surface area (Å²) < 4.78 is 30.7. The molecule has 0 amide bonds. The van der Waals surface area contributed by atoms with E-state index in [1.165, 1.54) is 4.31 Å². The van der Waals surface area contributed by atoms with Crippen LogP contribution in [0.5, 0.6) is 0 Å². The summed E-state index contributed by atoms with van der Waals surface area (Å²) in [5, 5.41) is 7.78. The predicted molar refractivity (Wildman–Crippen MR) is 118 cm³/mol. The average Bonchev–Trinajstić information content (AvgIpc) is 3.01. The van der Waals surface area contributed by atoms with E-state index in [2.05, 4.69) is 20.3 Å². The van der Waals surface area contributed by atoms with E-state index in [9.17, 15) is 8.42 Å². The Morgan fingerprint density at radius 2 is 1.77 bits per heavy atom. The van der Waals surface area contributed by atoms with Crippen molar-refractivity contribution in [2.75, 3.05) is 35.4 Å². The fourth-order valence-corrected chi connectivity index (χ4v) is 5.35. The molecule has 1 aliphatic heterocycles. The van der Waals surface area contributed by atoms with Gasteiger partial charge in [0.1, 0.15) is 11.5 Å². The van der Waals surface area contributed by atoms with Crippen LogP contribution in [0.2, 0.25) is 0 Å². The molecule has 3 aromatic rings. The molecule has 4 rings (SSSR count). The topological polar surface area (TPSA) is 83.4 Å². The average molecular weight is 427 g/mol. The van der Waals surface area contributed by atoms with Crippen LogP contribution in [0.1, 0.15) is 11.4 Å². The van der Waals surface area contributed by atoms with Crippen molar-refractivity contribution < 1.29 is 8.42 Å². The first-order chi connectivity index (χ1) is 14.4. The van der Waals surface area contributed by atoms with E-state index in [0.717, 1.165) is 37.7 Å². The number of piperazine rings is 1. The molecule has 0 spiro atoms. The fraction of sp³-hybridized carbons (Fsp3) is 0.333. The maximum Gasteiger partial charge on any atom is 0.268 e. The van der Waals surface area contributed by atoms with Crippen LogP contribution in [-0.2, 0) is 17.1 Å². The van der Waals surface area contributed by atoms with Crippen LogP contribution in [0, 0.1) is 13.8 Å². The minimum absolute atomic E-state index is 0.230. The summed E-state index contributed by atoms with van der Waals surface area (Å²) in [7, 11) is -2.05. The Morgan fingerprint density at radius 3 is 2.40 bits per heavy atom. The van der Waals surface area contributed by atoms with Crippen LogP contribution in [0.3, 0.4) is 0 Å². The molecule has 2 aromatic heterocycles. The minimum Gasteiger partial charge on any atom is -0.354 e. The Bertz CT molecular complexity index is 1140. The number of anilines is 3. The molecule has 1 saturated heterocycles. The van der Waals surface area contributed by atoms with Gasteiger partial charge in [-0.1, -0.05) is 18.2 Å². The quantitative estimate of drug-likeness (QED) is 0.674. The molecule has 3 heterocycles. The van der Waals surface area contributed by atoms with Gasteiger partial charge in [-0.15, -0.1) is 0 Å². The van der Waals surface area contributed by atoms with E-state index in [-0.39, 0.29) is 4.90 Å². The summed E-state index contributed by atoms with van der Waals surface area (Å²) in [5.74, 6) is 0.765. The van der Waals surface area contributed by atoms with E-state index < -0.39 is 10.0 Å². The number of hydrogen-bond donors (Lipinski definition) is 1. The lowest BCUT2D eigenvalue weighted by molar-refractivity contribution is 0.585. The molecule has 1 aliphatic rings. The summed E-state index contributed by atoms with van der Waals surface area (Å²) >= 11 is 0. The van der Waals surface area contributed by atoms with Gasteiger partial charge in [0.15, 0.2) is 0 Å². The zero-order valence-corrected chi connectivity index (χ0v) is 18.2. The second kappa shape index (κ2) is 8.08. The van der Waals surface area contributed by atoms with Crippen LogP contribution >= 0.6 is 0 Å². The van der Waals surface area contributed by atoms with Crippen LogP contribution in [-0.4, -0.2) is 49.4 Å². The first-order valence-corrected chi connectivity index (χ1v) is 11.4. The lowest BCUT2D eigenvalue weighted by atomic mass is 10.2. The highest BCUT2D eigenvalue weighted by molar-refractivity contribution is 7.93. The molecular weight excluding hydrogens is 400 g/mol. The second-order valence-corrected chi connectivity index (χ2v) is 9.12. The summed E-state index contributed by atoms with van der Waals surface area (Å²) in [6.45, 7) is 7.10. The summed E-state index contributed by atoms with van der Waals surface area (Å²) in [5.41, 5.74) is 2.53. The normalized spacial score (nSPS) is 14.7. The Balaban J connectivity index is 1.89. The molecule has 0 bridgehead atoms. The molecular formula is C21H26N6O2S. The third-order valence-corrected chi connectivity index (χ3v) is 7.10. The van der Waals surface area contributed by atoms with Crippen molar-refractivity contribution in [3.8, 4) is 0 Å². The number of nitrogens with one attached hydrogen (secondary N) is 1. The molecule has 0 radical (unpaired) electrons. The van der Waals surface area contributed by atoms with Crippen LogP contribution in [0.25, 0.3) is 0 Å². The van der Waals surface area contributed by atoms with Gasteiger partial charge in [0.25, 0.3) is 10.0 Å². The molecule has 1 N–H and O–H groups in total. The van der Waals surface area contributed by atoms with Gasteiger partial charge < -0.3 is 10.2 Å². The maximum atomic E-state index is 13.8. The van der Waals surface area contributed by atoms with Crippen molar-refractivity contribution >= 4 is 27.2 Å². The highest BCUT2D eigenvalue weighted by Crippen LogP contribution is 2.37. The lowest BCUT2D eigenvalue weighted by Gasteiger charge is -2.30. The van der Waals surface area contributed by atoms with Gasteiger partial charge in [0.05, 0.1) is 22.0 Å². The Kier molecular flexibility index (Phi) is 5.48. The highest BCUT2D eigenvalue weighted by Gasteiger charge is 2.31. The number of pyridine rings is 1. The Hall–Kier alpha value is -2.91. The molecule has 0 unspecified atom stereocenters. The molecule has 0 atom stereocenters. The number of benzene rings is 1. The predicted octanol–water partition coefficient (Wildman–Crippen LogP) is 2.37. The minimum atomic E-state index is -3.86. The number of aromatic nitrogens is 3. The molecule has 8 nitrogen and oxygen atoms in total. The van der Waals surface area contributed by atoms with Gasteiger partial charge in [-0.2, -0.15) is 5.10 Å². The van der Waals surface area contributed by atoms with Gasteiger partial charge in [0, 0.05) is 45.5 Å². The highest BCUT2D eigenvalue weighted by atomic mass is 32.2. The summed E-state index contributed by atoms with van der Waals surface area (Å²) in [4.78, 5) is 6.89. The van der Waals surface area contributed by atoms with Gasteiger partial charge in [-0.25, -0.2) is 17.7 Å². The zero-order chi connectivity index (χ0) is 21.3. The monoisotopic (exact) mass is 426 g/mol. The third kappa shape index (κ3) is 3.66. The maximum absolute atomic E-state index is 13.8. The molecule has 30 heavy (non-hydrogen) atoms. The molecule has 9 heteroatoms. The Morgan fingerprint density at radius 1 is 1.07 bits per heavy atom. The van der Waals surface area contributed by atoms with Gasteiger partial charge in [0.2, 0.25) is 0 Å². The molecule has 1 fully saturated rings. The standard InChI is InChI=1S/C21H26N6O2S/c1-16-21(17(2)25(3)24-16)27(30(28,29)19-7-5-4-6-8-19)18-9-10-23-20(15-18)26-13-11-22-12-14-26/h4-10,15,22H,11-14H2,1-3H3. The van der Waals surface area contributed by atoms with Crippen molar-refractivity contribution in [1.82, 2.24) is 20.1 Å². The van der Waals surface area contributed by atoms with E-state index in [1.807, 2.05) is 27.0 Å². The number of nitrogens with zero attached hydrogens (tertiary/aromatic N) is 5. The smallest absolute Gasteiger partial charge is 0.268 e. The molecule has 158 valence electrons. The Labute approximate surface area is 177 Å². The first-order valence-electron chi connectivity index (χ1n) is 9.92. The van der Waals surface area contributed by atoms with Crippen LogP contribution in [0.15, 0.2) is 53.6 Å². The number of aryl methyl sites for hydroxylation is 2. The lowest BCUT2D eigenvalue weighted by Crippen LogP contribution is -2.44. The van der Waals surface area contributed by atoms with Crippen molar-refractivity contribution in [2.24, 2.45) is 7.05 Å². The van der Waals surface area contributed by atoms with Crippen molar-refractivity contribution in [1.29, 1.82) is 0 Å². The number of hydrogen-bond acceptors (Lipinski definition) is 6. The molecule has 1 aromatic carbocycles. The van der Waals surface area contributed by atoms with Gasteiger partial charge >= 0.3 is 0 Å². The SMILES string of the molecule is Cc1nn(C)c(C)c1N(c1ccnc(N2CCNCC2)c1)S(=O)(=O)c1ccccc1. The number of rotatable bonds is 5. The van der Waals surface area contributed by atoms with E-state index in [4.69, 9.17) is 0 Å². The largest absolute Gasteiger partial charge is 0.354 e. The summed E-state index contributed by atoms with van der Waals surface area (Å²) in [6, 6.07) is 12.1. The third-order valence-electron chi connectivity index (χ3n) is 5.36. The first kappa shape index (κ1) is 20.4. The van der Waals surface area contributed by atoms with Gasteiger partial charge in [-0.05, 0) is 32.0 Å².